The van der Waals surface area contributed by atoms with E-state index in [0.717, 1.165) is 28.9 Å². The van der Waals surface area contributed by atoms with E-state index >= 15 is 0 Å². The van der Waals surface area contributed by atoms with E-state index in [0.29, 0.717) is 6.61 Å². The molecule has 0 amide bonds. The monoisotopic (exact) mass is 258 g/mol. The largest absolute Gasteiger partial charge is 0.494 e. The maximum atomic E-state index is 5.47. The van der Waals surface area contributed by atoms with Gasteiger partial charge in [0.2, 0.25) is 0 Å². The predicted octanol–water partition coefficient (Wildman–Crippen LogP) is 2.97. The van der Waals surface area contributed by atoms with E-state index in [9.17, 15) is 0 Å². The molecule has 0 bridgehead atoms. The normalized spacial score (nSPS) is 10.1. The van der Waals surface area contributed by atoms with E-state index in [4.69, 9.17) is 4.74 Å². The van der Waals surface area contributed by atoms with Gasteiger partial charge in [-0.15, -0.1) is 0 Å². The molecular weight excluding hydrogens is 240 g/mol. The number of ether oxygens (including phenoxy) is 1. The quantitative estimate of drug-likeness (QED) is 0.863. The molecule has 0 saturated carbocycles. The highest BCUT2D eigenvalue weighted by molar-refractivity contribution is 5.60. The Bertz CT molecular complexity index is 557. The van der Waals surface area contributed by atoms with Gasteiger partial charge >= 0.3 is 0 Å². The summed E-state index contributed by atoms with van der Waals surface area (Å²) in [4.78, 5) is 8.60. The van der Waals surface area contributed by atoms with Crippen LogP contribution in [0.4, 0.5) is 17.3 Å². The van der Waals surface area contributed by atoms with Crippen LogP contribution in [0.3, 0.4) is 0 Å². The Balaban J connectivity index is 2.20. The zero-order valence-electron chi connectivity index (χ0n) is 11.4. The van der Waals surface area contributed by atoms with Crippen LogP contribution >= 0.6 is 0 Å². The van der Waals surface area contributed by atoms with Gasteiger partial charge in [-0.1, -0.05) is 6.07 Å². The van der Waals surface area contributed by atoms with Crippen molar-refractivity contribution in [3.05, 3.63) is 36.2 Å². The number of hydrogen-bond acceptors (Lipinski definition) is 5. The SMILES string of the molecule is CCOc1cccc(Nc2cc(NC)nc(C)n2)c1. The first-order chi connectivity index (χ1) is 9.21. The third-order valence-corrected chi connectivity index (χ3v) is 2.51. The number of nitrogens with one attached hydrogen (secondary N) is 2. The Morgan fingerprint density at radius 3 is 2.68 bits per heavy atom. The molecular formula is C14H18N4O. The second-order valence-electron chi connectivity index (χ2n) is 4.02. The number of aryl methyl sites for hydroxylation is 1. The first-order valence-corrected chi connectivity index (χ1v) is 6.24. The summed E-state index contributed by atoms with van der Waals surface area (Å²) < 4.78 is 5.47. The Kier molecular flexibility index (Phi) is 4.18. The molecule has 0 aliphatic rings. The fourth-order valence-corrected chi connectivity index (χ4v) is 1.74. The molecule has 2 N–H and O–H groups in total. The van der Waals surface area contributed by atoms with Crippen molar-refractivity contribution in [3.63, 3.8) is 0 Å². The van der Waals surface area contributed by atoms with Crippen LogP contribution in [0.1, 0.15) is 12.7 Å². The molecule has 2 rings (SSSR count). The maximum absolute atomic E-state index is 5.47. The Labute approximate surface area is 113 Å². The van der Waals surface area contributed by atoms with Gasteiger partial charge in [-0.3, -0.25) is 0 Å². The summed E-state index contributed by atoms with van der Waals surface area (Å²) in [5.74, 6) is 3.10. The number of hydrogen-bond donors (Lipinski definition) is 2. The van der Waals surface area contributed by atoms with Crippen LogP contribution in [0.25, 0.3) is 0 Å². The van der Waals surface area contributed by atoms with Crippen molar-refractivity contribution in [1.29, 1.82) is 0 Å². The van der Waals surface area contributed by atoms with E-state index in [1.807, 2.05) is 51.2 Å². The first-order valence-electron chi connectivity index (χ1n) is 6.24. The summed E-state index contributed by atoms with van der Waals surface area (Å²) >= 11 is 0. The Hall–Kier alpha value is -2.30. The summed E-state index contributed by atoms with van der Waals surface area (Å²) in [5.41, 5.74) is 0.936. The Morgan fingerprint density at radius 1 is 1.16 bits per heavy atom. The van der Waals surface area contributed by atoms with Gasteiger partial charge in [0.15, 0.2) is 0 Å². The van der Waals surface area contributed by atoms with Crippen LogP contribution in [0.5, 0.6) is 5.75 Å². The minimum absolute atomic E-state index is 0.653. The molecule has 1 aromatic carbocycles. The molecule has 100 valence electrons. The number of rotatable bonds is 5. The minimum atomic E-state index is 0.653. The highest BCUT2D eigenvalue weighted by Crippen LogP contribution is 2.21. The molecule has 5 nitrogen and oxygen atoms in total. The third kappa shape index (κ3) is 3.58. The van der Waals surface area contributed by atoms with E-state index in [1.54, 1.807) is 0 Å². The number of aromatic nitrogens is 2. The molecule has 0 unspecified atom stereocenters. The molecule has 0 spiro atoms. The van der Waals surface area contributed by atoms with E-state index in [-0.39, 0.29) is 0 Å². The molecule has 0 aliphatic heterocycles. The fourth-order valence-electron chi connectivity index (χ4n) is 1.74. The standard InChI is InChI=1S/C14H18N4O/c1-4-19-12-7-5-6-11(8-12)18-14-9-13(15-3)16-10(2)17-14/h5-9H,4H2,1-3H3,(H2,15,16,17,18). The highest BCUT2D eigenvalue weighted by Gasteiger charge is 2.02. The molecule has 0 aliphatic carbocycles. The average molecular weight is 258 g/mol. The molecule has 1 heterocycles. The van der Waals surface area contributed by atoms with Crippen molar-refractivity contribution in [2.75, 3.05) is 24.3 Å². The van der Waals surface area contributed by atoms with Gasteiger partial charge < -0.3 is 15.4 Å². The van der Waals surface area contributed by atoms with Gasteiger partial charge in [-0.2, -0.15) is 0 Å². The van der Waals surface area contributed by atoms with Crippen molar-refractivity contribution in [2.45, 2.75) is 13.8 Å². The lowest BCUT2D eigenvalue weighted by Crippen LogP contribution is -2.01. The van der Waals surface area contributed by atoms with E-state index in [2.05, 4.69) is 20.6 Å². The molecule has 0 saturated heterocycles. The van der Waals surface area contributed by atoms with Gasteiger partial charge in [0.25, 0.3) is 0 Å². The summed E-state index contributed by atoms with van der Waals surface area (Å²) in [6.07, 6.45) is 0. The lowest BCUT2D eigenvalue weighted by Gasteiger charge is -2.10. The lowest BCUT2D eigenvalue weighted by atomic mass is 10.3. The van der Waals surface area contributed by atoms with Crippen molar-refractivity contribution in [2.24, 2.45) is 0 Å². The van der Waals surface area contributed by atoms with Crippen LogP contribution in [0.2, 0.25) is 0 Å². The summed E-state index contributed by atoms with van der Waals surface area (Å²) in [6.45, 7) is 4.48. The molecule has 5 heteroatoms. The number of anilines is 3. The van der Waals surface area contributed by atoms with Crippen LogP contribution in [0.15, 0.2) is 30.3 Å². The van der Waals surface area contributed by atoms with Gasteiger partial charge in [-0.05, 0) is 26.0 Å². The molecule has 2 aromatic rings. The van der Waals surface area contributed by atoms with Crippen molar-refractivity contribution < 1.29 is 4.74 Å². The van der Waals surface area contributed by atoms with Gasteiger partial charge in [0, 0.05) is 24.9 Å². The summed E-state index contributed by atoms with van der Waals surface area (Å²) in [5, 5.41) is 6.26. The van der Waals surface area contributed by atoms with Crippen molar-refractivity contribution in [3.8, 4) is 5.75 Å². The van der Waals surface area contributed by atoms with Crippen LogP contribution in [-0.2, 0) is 0 Å². The van der Waals surface area contributed by atoms with Gasteiger partial charge in [0.1, 0.15) is 23.2 Å². The fraction of sp³-hybridized carbons (Fsp3) is 0.286. The molecule has 1 aromatic heterocycles. The molecule has 19 heavy (non-hydrogen) atoms. The molecule has 0 radical (unpaired) electrons. The second-order valence-corrected chi connectivity index (χ2v) is 4.02. The average Bonchev–Trinajstić information content (AvgIpc) is 2.39. The zero-order valence-corrected chi connectivity index (χ0v) is 11.4. The van der Waals surface area contributed by atoms with Crippen LogP contribution in [0, 0.1) is 6.92 Å². The highest BCUT2D eigenvalue weighted by atomic mass is 16.5. The second kappa shape index (κ2) is 6.04. The van der Waals surface area contributed by atoms with Crippen LogP contribution in [-0.4, -0.2) is 23.6 Å². The maximum Gasteiger partial charge on any atom is 0.136 e. The van der Waals surface area contributed by atoms with Gasteiger partial charge in [0.05, 0.1) is 6.61 Å². The molecule has 0 fully saturated rings. The predicted molar refractivity (Wildman–Crippen MR) is 77.2 cm³/mol. The zero-order chi connectivity index (χ0) is 13.7. The number of nitrogens with zero attached hydrogens (tertiary/aromatic N) is 2. The smallest absolute Gasteiger partial charge is 0.136 e. The number of benzene rings is 1. The topological polar surface area (TPSA) is 59.1 Å². The van der Waals surface area contributed by atoms with E-state index < -0.39 is 0 Å². The van der Waals surface area contributed by atoms with Gasteiger partial charge in [-0.25, -0.2) is 9.97 Å². The summed E-state index contributed by atoms with van der Waals surface area (Å²) in [7, 11) is 1.83. The third-order valence-electron chi connectivity index (χ3n) is 2.51. The van der Waals surface area contributed by atoms with Crippen molar-refractivity contribution in [1.82, 2.24) is 9.97 Å². The summed E-state index contributed by atoms with van der Waals surface area (Å²) in [6, 6.07) is 9.65. The van der Waals surface area contributed by atoms with Crippen LogP contribution < -0.4 is 15.4 Å². The Morgan fingerprint density at radius 2 is 1.95 bits per heavy atom. The van der Waals surface area contributed by atoms with E-state index in [1.165, 1.54) is 0 Å². The first kappa shape index (κ1) is 13.1. The minimum Gasteiger partial charge on any atom is -0.494 e. The molecule has 0 atom stereocenters. The van der Waals surface area contributed by atoms with Crippen molar-refractivity contribution >= 4 is 17.3 Å². The lowest BCUT2D eigenvalue weighted by molar-refractivity contribution is 0.340.